The van der Waals surface area contributed by atoms with Crippen molar-refractivity contribution in [1.82, 2.24) is 0 Å². The molecule has 26 heavy (non-hydrogen) atoms. The highest BCUT2D eigenvalue weighted by Crippen LogP contribution is 2.48. The van der Waals surface area contributed by atoms with Crippen LogP contribution >= 0.6 is 11.3 Å². The molecule has 0 spiro atoms. The molecule has 1 aliphatic rings. The van der Waals surface area contributed by atoms with E-state index in [-0.39, 0.29) is 11.8 Å². The van der Waals surface area contributed by atoms with Crippen LogP contribution < -0.4 is 14.8 Å². The average molecular weight is 365 g/mol. The number of methoxy groups -OCH3 is 2. The number of carbonyl (C=O) groups is 1. The molecule has 0 radical (unpaired) electrons. The number of hydrogen-bond donors (Lipinski definition) is 1. The van der Waals surface area contributed by atoms with Crippen molar-refractivity contribution in [2.75, 3.05) is 19.5 Å². The van der Waals surface area contributed by atoms with Crippen LogP contribution in [0.2, 0.25) is 0 Å². The van der Waals surface area contributed by atoms with Crippen molar-refractivity contribution in [2.45, 2.75) is 12.3 Å². The molecule has 0 saturated heterocycles. The highest BCUT2D eigenvalue weighted by Gasteiger charge is 2.31. The fourth-order valence-corrected chi connectivity index (χ4v) is 4.57. The smallest absolute Gasteiger partial charge is 0.225 e. The van der Waals surface area contributed by atoms with Gasteiger partial charge in [-0.05, 0) is 23.8 Å². The molecule has 2 aromatic carbocycles. The van der Waals surface area contributed by atoms with Gasteiger partial charge in [-0.1, -0.05) is 30.3 Å². The van der Waals surface area contributed by atoms with E-state index in [0.717, 1.165) is 33.9 Å². The summed E-state index contributed by atoms with van der Waals surface area (Å²) in [5, 5.41) is 5.17. The first-order valence-electron chi connectivity index (χ1n) is 8.40. The summed E-state index contributed by atoms with van der Waals surface area (Å²) < 4.78 is 10.9. The lowest BCUT2D eigenvalue weighted by Gasteiger charge is -2.24. The Hall–Kier alpha value is -2.79. The third-order valence-electron chi connectivity index (χ3n) is 4.68. The summed E-state index contributed by atoms with van der Waals surface area (Å²) in [4.78, 5) is 13.6. The maximum Gasteiger partial charge on any atom is 0.225 e. The molecule has 1 atom stereocenters. The molecule has 1 aromatic heterocycles. The van der Waals surface area contributed by atoms with Crippen molar-refractivity contribution in [2.24, 2.45) is 0 Å². The number of para-hydroxylation sites is 1. The molecule has 0 aliphatic carbocycles. The van der Waals surface area contributed by atoms with E-state index in [2.05, 4.69) is 16.8 Å². The Kier molecular flexibility index (Phi) is 4.39. The molecule has 3 aromatic rings. The first-order valence-corrected chi connectivity index (χ1v) is 9.27. The Labute approximate surface area is 156 Å². The lowest BCUT2D eigenvalue weighted by molar-refractivity contribution is -0.116. The SMILES string of the molecule is COc1cccc([C@@H]2CC(=O)Nc3c(-c4ccccc4OC)csc32)c1. The van der Waals surface area contributed by atoms with Gasteiger partial charge in [-0.15, -0.1) is 11.3 Å². The Bertz CT molecular complexity index is 963. The number of fused-ring (bicyclic) bond motifs is 1. The summed E-state index contributed by atoms with van der Waals surface area (Å²) >= 11 is 1.67. The van der Waals surface area contributed by atoms with E-state index in [1.807, 2.05) is 42.5 Å². The van der Waals surface area contributed by atoms with Gasteiger partial charge in [0.25, 0.3) is 0 Å². The van der Waals surface area contributed by atoms with Gasteiger partial charge in [0, 0.05) is 33.7 Å². The lowest BCUT2D eigenvalue weighted by atomic mass is 9.89. The first-order chi connectivity index (χ1) is 12.7. The third-order valence-corrected chi connectivity index (χ3v) is 5.78. The molecule has 0 saturated carbocycles. The minimum Gasteiger partial charge on any atom is -0.497 e. The zero-order chi connectivity index (χ0) is 18.1. The lowest BCUT2D eigenvalue weighted by Crippen LogP contribution is -2.22. The topological polar surface area (TPSA) is 47.6 Å². The van der Waals surface area contributed by atoms with Crippen molar-refractivity contribution >= 4 is 22.9 Å². The number of carbonyl (C=O) groups excluding carboxylic acids is 1. The van der Waals surface area contributed by atoms with Gasteiger partial charge < -0.3 is 14.8 Å². The molecule has 4 nitrogen and oxygen atoms in total. The zero-order valence-corrected chi connectivity index (χ0v) is 15.4. The molecular weight excluding hydrogens is 346 g/mol. The second-order valence-corrected chi connectivity index (χ2v) is 7.08. The van der Waals surface area contributed by atoms with Gasteiger partial charge >= 0.3 is 0 Å². The maximum atomic E-state index is 12.4. The van der Waals surface area contributed by atoms with E-state index < -0.39 is 0 Å². The third kappa shape index (κ3) is 2.84. The Morgan fingerprint density at radius 1 is 1.04 bits per heavy atom. The number of anilines is 1. The Morgan fingerprint density at radius 2 is 1.88 bits per heavy atom. The second-order valence-electron chi connectivity index (χ2n) is 6.17. The monoisotopic (exact) mass is 365 g/mol. The molecule has 1 aliphatic heterocycles. The van der Waals surface area contributed by atoms with Crippen molar-refractivity contribution in [1.29, 1.82) is 0 Å². The minimum absolute atomic E-state index is 0.0277. The van der Waals surface area contributed by atoms with Gasteiger partial charge in [-0.3, -0.25) is 4.79 Å². The van der Waals surface area contributed by atoms with Crippen molar-refractivity contribution in [3.8, 4) is 22.6 Å². The van der Waals surface area contributed by atoms with Gasteiger partial charge in [0.2, 0.25) is 5.91 Å². The van der Waals surface area contributed by atoms with Crippen LogP contribution in [0.4, 0.5) is 5.69 Å². The number of benzene rings is 2. The summed E-state index contributed by atoms with van der Waals surface area (Å²) in [6.07, 6.45) is 0.437. The van der Waals surface area contributed by atoms with Crippen LogP contribution in [0.3, 0.4) is 0 Å². The number of hydrogen-bond acceptors (Lipinski definition) is 4. The van der Waals surface area contributed by atoms with Crippen LogP contribution in [0, 0.1) is 0 Å². The van der Waals surface area contributed by atoms with Crippen LogP contribution in [0.5, 0.6) is 11.5 Å². The number of ether oxygens (including phenoxy) is 2. The molecule has 0 bridgehead atoms. The molecule has 0 fully saturated rings. The van der Waals surface area contributed by atoms with E-state index in [1.165, 1.54) is 4.88 Å². The van der Waals surface area contributed by atoms with E-state index in [0.29, 0.717) is 6.42 Å². The Morgan fingerprint density at radius 3 is 2.69 bits per heavy atom. The van der Waals surface area contributed by atoms with Crippen LogP contribution in [0.1, 0.15) is 22.8 Å². The van der Waals surface area contributed by atoms with Crippen LogP contribution in [-0.2, 0) is 4.79 Å². The number of rotatable bonds is 4. The zero-order valence-electron chi connectivity index (χ0n) is 14.6. The largest absolute Gasteiger partial charge is 0.497 e. The van der Waals surface area contributed by atoms with Crippen molar-refractivity contribution in [3.63, 3.8) is 0 Å². The van der Waals surface area contributed by atoms with E-state index >= 15 is 0 Å². The van der Waals surface area contributed by atoms with Crippen molar-refractivity contribution < 1.29 is 14.3 Å². The quantitative estimate of drug-likeness (QED) is 0.715. The van der Waals surface area contributed by atoms with E-state index in [4.69, 9.17) is 9.47 Å². The molecule has 0 unspecified atom stereocenters. The molecule has 5 heteroatoms. The number of thiophene rings is 1. The highest BCUT2D eigenvalue weighted by molar-refractivity contribution is 7.11. The molecule has 2 heterocycles. The number of amides is 1. The van der Waals surface area contributed by atoms with Crippen LogP contribution in [-0.4, -0.2) is 20.1 Å². The van der Waals surface area contributed by atoms with E-state index in [1.54, 1.807) is 25.6 Å². The normalized spacial score (nSPS) is 15.9. The summed E-state index contributed by atoms with van der Waals surface area (Å²) in [6, 6.07) is 15.8. The van der Waals surface area contributed by atoms with Crippen LogP contribution in [0.25, 0.3) is 11.1 Å². The van der Waals surface area contributed by atoms with Crippen molar-refractivity contribution in [3.05, 3.63) is 64.4 Å². The molecular formula is C21H19NO3S. The number of nitrogens with one attached hydrogen (secondary N) is 1. The second kappa shape index (κ2) is 6.84. The minimum atomic E-state index is 0.0277. The molecule has 1 N–H and O–H groups in total. The van der Waals surface area contributed by atoms with Gasteiger partial charge in [-0.2, -0.15) is 0 Å². The van der Waals surface area contributed by atoms with Gasteiger partial charge in [-0.25, -0.2) is 0 Å². The summed E-state index contributed by atoms with van der Waals surface area (Å²) in [6.45, 7) is 0. The van der Waals surface area contributed by atoms with Gasteiger partial charge in [0.05, 0.1) is 19.9 Å². The molecule has 1 amide bonds. The predicted octanol–water partition coefficient (Wildman–Crippen LogP) is 4.91. The molecule has 132 valence electrons. The van der Waals surface area contributed by atoms with Gasteiger partial charge in [0.15, 0.2) is 0 Å². The fraction of sp³-hybridized carbons (Fsp3) is 0.190. The highest BCUT2D eigenvalue weighted by atomic mass is 32.1. The van der Waals surface area contributed by atoms with Gasteiger partial charge in [0.1, 0.15) is 11.5 Å². The standard InChI is InChI=1S/C21H19NO3S/c1-24-14-7-5-6-13(10-14)16-11-19(23)22-20-17(12-26-21(16)20)15-8-3-4-9-18(15)25-2/h3-10,12,16H,11H2,1-2H3,(H,22,23)/t16-/m0/s1. The summed E-state index contributed by atoms with van der Waals surface area (Å²) in [7, 11) is 3.32. The van der Waals surface area contributed by atoms with E-state index in [9.17, 15) is 4.79 Å². The predicted molar refractivity (Wildman–Crippen MR) is 104 cm³/mol. The maximum absolute atomic E-state index is 12.4. The summed E-state index contributed by atoms with van der Waals surface area (Å²) in [5.41, 5.74) is 3.97. The fourth-order valence-electron chi connectivity index (χ4n) is 3.42. The summed E-state index contributed by atoms with van der Waals surface area (Å²) in [5.74, 6) is 1.66. The van der Waals surface area contributed by atoms with Crippen LogP contribution in [0.15, 0.2) is 53.9 Å². The first kappa shape index (κ1) is 16.7. The Balaban J connectivity index is 1.83. The average Bonchev–Trinajstić information content (AvgIpc) is 3.10. The molecule has 4 rings (SSSR count).